The highest BCUT2D eigenvalue weighted by atomic mass is 16.5. The third-order valence-electron chi connectivity index (χ3n) is 8.42. The molecule has 2 saturated carbocycles. The minimum atomic E-state index is -0.533. The predicted octanol–water partition coefficient (Wildman–Crippen LogP) is 3.45. The first-order chi connectivity index (χ1) is 17.9. The number of nitrogens with zero attached hydrogens (tertiary/aromatic N) is 3. The van der Waals surface area contributed by atoms with Crippen LogP contribution in [0.1, 0.15) is 70.8 Å². The van der Waals surface area contributed by atoms with Gasteiger partial charge in [0.2, 0.25) is 11.8 Å². The van der Waals surface area contributed by atoms with Crippen LogP contribution < -0.4 is 15.5 Å². The highest BCUT2D eigenvalue weighted by Gasteiger charge is 2.56. The van der Waals surface area contributed by atoms with Crippen molar-refractivity contribution in [1.82, 2.24) is 25.6 Å². The Morgan fingerprint density at radius 2 is 1.92 bits per heavy atom. The van der Waals surface area contributed by atoms with Crippen molar-refractivity contribution in [1.29, 1.82) is 0 Å². The normalized spacial score (nSPS) is 28.4. The molecule has 4 aliphatic rings. The number of methoxy groups -OCH3 is 1. The zero-order chi connectivity index (χ0) is 26.1. The summed E-state index contributed by atoms with van der Waals surface area (Å²) in [6.45, 7) is 5.10. The molecule has 2 saturated heterocycles. The molecular formula is C28H41N5O4. The fourth-order valence-corrected chi connectivity index (χ4v) is 6.57. The molecule has 0 aromatic heterocycles. The fourth-order valence-electron chi connectivity index (χ4n) is 6.57. The number of carbonyl (C=O) groups is 3. The van der Waals surface area contributed by atoms with Gasteiger partial charge in [0.1, 0.15) is 5.75 Å². The Morgan fingerprint density at radius 1 is 1.14 bits per heavy atom. The maximum absolute atomic E-state index is 13.8. The average Bonchev–Trinajstić information content (AvgIpc) is 3.22. The van der Waals surface area contributed by atoms with Gasteiger partial charge in [-0.2, -0.15) is 5.43 Å². The minimum absolute atomic E-state index is 0.0896. The zero-order valence-corrected chi connectivity index (χ0v) is 22.3. The Balaban J connectivity index is 1.35. The standard InChI is InChI=1S/C28H41N5O4/c1-18(2)16-31-26(35)23-13-12-20(25(34)29-21-9-5-4-6-10-21)15-24(23)33-27(31)30-32(28(33)36)17-19-8-7-11-22(14-19)37-3/h7-8,11,14,18,20-21,23-24,27,30H,4-6,9-10,12-13,15-17H2,1-3H3,(H,29,34). The number of carbonyl (C=O) groups excluding carboxylic acids is 3. The number of hydrogen-bond acceptors (Lipinski definition) is 5. The number of benzene rings is 1. The number of rotatable bonds is 7. The Hall–Kier alpha value is -2.81. The van der Waals surface area contributed by atoms with Crippen LogP contribution in [-0.2, 0) is 16.1 Å². The molecule has 1 aromatic carbocycles. The molecule has 2 heterocycles. The fraction of sp³-hybridized carbons (Fsp3) is 0.679. The Morgan fingerprint density at radius 3 is 2.65 bits per heavy atom. The highest BCUT2D eigenvalue weighted by molar-refractivity contribution is 5.87. The van der Waals surface area contributed by atoms with Crippen LogP contribution in [0, 0.1) is 17.8 Å². The van der Waals surface area contributed by atoms with Gasteiger partial charge in [-0.1, -0.05) is 45.2 Å². The molecule has 2 aliphatic carbocycles. The monoisotopic (exact) mass is 511 g/mol. The molecule has 202 valence electrons. The Labute approximate surface area is 219 Å². The van der Waals surface area contributed by atoms with E-state index in [1.165, 1.54) is 19.3 Å². The number of hydrazine groups is 1. The number of fused-ring (bicyclic) bond motifs is 3. The maximum atomic E-state index is 13.8. The first kappa shape index (κ1) is 25.8. The number of ether oxygens (including phenoxy) is 1. The van der Waals surface area contributed by atoms with E-state index in [-0.39, 0.29) is 47.7 Å². The topological polar surface area (TPSA) is 94.2 Å². The van der Waals surface area contributed by atoms with Crippen molar-refractivity contribution >= 4 is 17.8 Å². The van der Waals surface area contributed by atoms with Crippen molar-refractivity contribution in [3.05, 3.63) is 29.8 Å². The van der Waals surface area contributed by atoms with Crippen molar-refractivity contribution < 1.29 is 19.1 Å². The lowest BCUT2D eigenvalue weighted by atomic mass is 9.75. The summed E-state index contributed by atoms with van der Waals surface area (Å²) >= 11 is 0. The highest BCUT2D eigenvalue weighted by Crippen LogP contribution is 2.41. The van der Waals surface area contributed by atoms with Gasteiger partial charge in [0.15, 0.2) is 6.29 Å². The van der Waals surface area contributed by atoms with Crippen LogP contribution >= 0.6 is 0 Å². The summed E-state index contributed by atoms with van der Waals surface area (Å²) in [4.78, 5) is 44.4. The van der Waals surface area contributed by atoms with E-state index in [4.69, 9.17) is 4.74 Å². The van der Waals surface area contributed by atoms with Crippen LogP contribution in [0.3, 0.4) is 0 Å². The number of nitrogens with one attached hydrogen (secondary N) is 2. The molecular weight excluding hydrogens is 470 g/mol. The maximum Gasteiger partial charge on any atom is 0.337 e. The third kappa shape index (κ3) is 5.28. The summed E-state index contributed by atoms with van der Waals surface area (Å²) in [5, 5.41) is 4.88. The van der Waals surface area contributed by atoms with E-state index in [0.29, 0.717) is 32.4 Å². The van der Waals surface area contributed by atoms with Gasteiger partial charge in [-0.15, -0.1) is 0 Å². The van der Waals surface area contributed by atoms with Crippen LogP contribution in [0.15, 0.2) is 24.3 Å². The second-order valence-corrected chi connectivity index (χ2v) is 11.5. The molecule has 9 heteroatoms. The van der Waals surface area contributed by atoms with Gasteiger partial charge in [0.25, 0.3) is 0 Å². The molecule has 1 aromatic rings. The van der Waals surface area contributed by atoms with E-state index in [9.17, 15) is 14.4 Å². The van der Waals surface area contributed by atoms with E-state index >= 15 is 0 Å². The summed E-state index contributed by atoms with van der Waals surface area (Å²) in [6, 6.07) is 7.49. The van der Waals surface area contributed by atoms with Crippen molar-refractivity contribution in [3.8, 4) is 5.75 Å². The summed E-state index contributed by atoms with van der Waals surface area (Å²) in [6.07, 6.45) is 6.98. The van der Waals surface area contributed by atoms with Gasteiger partial charge in [-0.05, 0) is 55.7 Å². The molecule has 9 nitrogen and oxygen atoms in total. The second kappa shape index (κ2) is 10.9. The molecule has 4 atom stereocenters. The van der Waals surface area contributed by atoms with Crippen LogP contribution in [0.5, 0.6) is 5.75 Å². The van der Waals surface area contributed by atoms with Gasteiger partial charge >= 0.3 is 6.03 Å². The molecule has 2 aliphatic heterocycles. The molecule has 4 fully saturated rings. The van der Waals surface area contributed by atoms with E-state index in [1.807, 2.05) is 34.1 Å². The quantitative estimate of drug-likeness (QED) is 0.585. The van der Waals surface area contributed by atoms with E-state index in [0.717, 1.165) is 24.2 Å². The summed E-state index contributed by atoms with van der Waals surface area (Å²) in [5.41, 5.74) is 4.27. The van der Waals surface area contributed by atoms with Crippen LogP contribution in [0.2, 0.25) is 0 Å². The SMILES string of the molecule is COc1cccc(CN2NC3N(CC(C)C)C(=O)C4CCC(C(=O)NC5CCCCC5)CC4N3C2=O)c1. The number of amides is 4. The Kier molecular flexibility index (Phi) is 7.60. The molecule has 0 bridgehead atoms. The molecule has 0 spiro atoms. The predicted molar refractivity (Wildman–Crippen MR) is 139 cm³/mol. The average molecular weight is 512 g/mol. The first-order valence-corrected chi connectivity index (χ1v) is 14.0. The second-order valence-electron chi connectivity index (χ2n) is 11.5. The smallest absolute Gasteiger partial charge is 0.337 e. The molecule has 0 radical (unpaired) electrons. The van der Waals surface area contributed by atoms with Crippen molar-refractivity contribution in [2.24, 2.45) is 17.8 Å². The molecule has 2 N–H and O–H groups in total. The molecule has 37 heavy (non-hydrogen) atoms. The summed E-state index contributed by atoms with van der Waals surface area (Å²) in [5.74, 6) is 0.744. The molecule has 5 rings (SSSR count). The van der Waals surface area contributed by atoms with Gasteiger partial charge < -0.3 is 15.0 Å². The first-order valence-electron chi connectivity index (χ1n) is 14.0. The van der Waals surface area contributed by atoms with Crippen molar-refractivity contribution in [2.45, 2.75) is 90.1 Å². The lowest BCUT2D eigenvalue weighted by Gasteiger charge is -2.50. The zero-order valence-electron chi connectivity index (χ0n) is 22.3. The van der Waals surface area contributed by atoms with E-state index < -0.39 is 6.29 Å². The van der Waals surface area contributed by atoms with E-state index in [2.05, 4.69) is 24.6 Å². The lowest BCUT2D eigenvalue weighted by molar-refractivity contribution is -0.159. The largest absolute Gasteiger partial charge is 0.497 e. The van der Waals surface area contributed by atoms with Crippen molar-refractivity contribution in [3.63, 3.8) is 0 Å². The summed E-state index contributed by atoms with van der Waals surface area (Å²) < 4.78 is 5.35. The van der Waals surface area contributed by atoms with Gasteiger partial charge in [-0.25, -0.2) is 4.79 Å². The van der Waals surface area contributed by atoms with Gasteiger partial charge in [-0.3, -0.25) is 19.5 Å². The van der Waals surface area contributed by atoms with Gasteiger partial charge in [0, 0.05) is 24.5 Å². The van der Waals surface area contributed by atoms with Crippen molar-refractivity contribution in [2.75, 3.05) is 13.7 Å². The molecule has 4 unspecified atom stereocenters. The van der Waals surface area contributed by atoms with Crippen LogP contribution in [0.25, 0.3) is 0 Å². The molecule has 4 amide bonds. The minimum Gasteiger partial charge on any atom is -0.497 e. The van der Waals surface area contributed by atoms with E-state index in [1.54, 1.807) is 12.1 Å². The number of urea groups is 1. The van der Waals surface area contributed by atoms with Crippen LogP contribution in [0.4, 0.5) is 4.79 Å². The van der Waals surface area contributed by atoms with Crippen LogP contribution in [-0.4, -0.2) is 64.7 Å². The van der Waals surface area contributed by atoms with Gasteiger partial charge in [0.05, 0.1) is 19.6 Å². The third-order valence-corrected chi connectivity index (χ3v) is 8.42. The Bertz CT molecular complexity index is 1010. The number of hydrogen-bond donors (Lipinski definition) is 2. The summed E-state index contributed by atoms with van der Waals surface area (Å²) in [7, 11) is 1.62. The lowest BCUT2D eigenvalue weighted by Crippen LogP contribution is -2.67.